The summed E-state index contributed by atoms with van der Waals surface area (Å²) in [5.41, 5.74) is 7.71. The molecule has 4 aromatic heterocycles. The number of rotatable bonds is 16. The van der Waals surface area contributed by atoms with E-state index in [9.17, 15) is 25.9 Å². The number of hydrogen-bond acceptors (Lipinski definition) is 11. The molecule has 2 aliphatic rings. The molecule has 0 fully saturated rings. The molecule has 0 unspecified atom stereocenters. The average molecular weight is 1000 g/mol. The lowest BCUT2D eigenvalue weighted by molar-refractivity contribution is 0.0980. The molecule has 2 N–H and O–H groups in total. The minimum Gasteiger partial charge on any atom is -0.375 e. The molecular weight excluding hydrogens is 961 g/mol. The van der Waals surface area contributed by atoms with Gasteiger partial charge in [-0.15, -0.1) is 22.7 Å². The Labute approximate surface area is 387 Å². The molecule has 62 heavy (non-hydrogen) atoms. The fourth-order valence-electron chi connectivity index (χ4n) is 7.94. The molecule has 4 heterocycles. The van der Waals surface area contributed by atoms with E-state index in [1.807, 2.05) is 7.05 Å². The zero-order valence-electron chi connectivity index (χ0n) is 33.2. The van der Waals surface area contributed by atoms with Gasteiger partial charge in [0.2, 0.25) is 0 Å². The highest BCUT2D eigenvalue weighted by Crippen LogP contribution is 2.45. The van der Waals surface area contributed by atoms with Gasteiger partial charge in [0.1, 0.15) is 8.42 Å². The highest BCUT2D eigenvalue weighted by Gasteiger charge is 2.31. The zero-order chi connectivity index (χ0) is 43.9. The monoisotopic (exact) mass is 999 g/mol. The van der Waals surface area contributed by atoms with Gasteiger partial charge in [0.15, 0.2) is 0 Å². The van der Waals surface area contributed by atoms with E-state index in [-0.39, 0.29) is 21.6 Å². The molecule has 13 nitrogen and oxygen atoms in total. The molecule has 2 aromatic carbocycles. The minimum absolute atomic E-state index is 0.112. The lowest BCUT2D eigenvalue weighted by Crippen LogP contribution is -2.23. The van der Waals surface area contributed by atoms with Crippen LogP contribution < -0.4 is 0 Å². The van der Waals surface area contributed by atoms with Gasteiger partial charge in [-0.1, -0.05) is 46.4 Å². The van der Waals surface area contributed by atoms with Gasteiger partial charge in [-0.25, -0.2) is 9.36 Å². The molecule has 8 rings (SSSR count). The lowest BCUT2D eigenvalue weighted by Gasteiger charge is -2.16. The Morgan fingerprint density at radius 2 is 1.08 bits per heavy atom. The second kappa shape index (κ2) is 18.9. The summed E-state index contributed by atoms with van der Waals surface area (Å²) in [7, 11) is -6.73. The summed E-state index contributed by atoms with van der Waals surface area (Å²) in [4.78, 5) is 3.67. The largest absolute Gasteiger partial charge is 0.375 e. The van der Waals surface area contributed by atoms with E-state index in [2.05, 4.69) is 4.90 Å². The number of aryl methyl sites for hydroxylation is 2. The third-order valence-electron chi connectivity index (χ3n) is 10.8. The van der Waals surface area contributed by atoms with Crippen LogP contribution in [0, 0.1) is 0 Å². The van der Waals surface area contributed by atoms with Gasteiger partial charge in [0.25, 0.3) is 0 Å². The van der Waals surface area contributed by atoms with Crippen LogP contribution in [0.5, 0.6) is 0 Å². The van der Waals surface area contributed by atoms with Crippen LogP contribution >= 0.6 is 69.1 Å². The maximum Gasteiger partial charge on any atom is 0.304 e. The Morgan fingerprint density at radius 1 is 0.661 bits per heavy atom. The first kappa shape index (κ1) is 45.7. The van der Waals surface area contributed by atoms with E-state index in [0.29, 0.717) is 70.4 Å². The normalized spacial score (nSPS) is 14.1. The van der Waals surface area contributed by atoms with Crippen molar-refractivity contribution in [3.05, 3.63) is 102 Å². The SMILES string of the molecule is CN(CCCOCc1nn(-c2ccc(Cl)cc2Cl)c2c1CCCc1cc(S(=O)(=O)O)sc1-2)CCCOCc1nn(-c2ccc(Cl)cc2Cl)c2c1CCCc1cc(S(=O)(=O)O)sc1-2. The minimum atomic E-state index is -4.39. The standard InChI is InChI=1S/C41H41Cl4N5O8S4/c1-48(14-4-16-57-22-32-28-8-2-6-24-18-36(61(51,52)53)59-40(24)38(28)49(46-32)34-12-10-26(42)20-30(34)44)15-5-17-58-23-33-29-9-3-7-25-19-37(62(54,55)56)60-41(25)39(29)50(47-33)35-13-11-27(43)21-31(35)45/h10-13,18-21H,2-9,14-17,22-23H2,1H3,(H,51,52,53)(H,54,55,56). The van der Waals surface area contributed by atoms with Crippen molar-refractivity contribution < 1.29 is 35.4 Å². The van der Waals surface area contributed by atoms with E-state index in [1.165, 1.54) is 0 Å². The van der Waals surface area contributed by atoms with Crippen molar-refractivity contribution in [2.75, 3.05) is 33.4 Å². The highest BCUT2D eigenvalue weighted by molar-refractivity contribution is 7.88. The first-order valence-electron chi connectivity index (χ1n) is 19.7. The van der Waals surface area contributed by atoms with Crippen LogP contribution in [0.15, 0.2) is 56.9 Å². The smallest absolute Gasteiger partial charge is 0.304 e. The van der Waals surface area contributed by atoms with Gasteiger partial charge in [-0.05, 0) is 118 Å². The summed E-state index contributed by atoms with van der Waals surface area (Å²) >= 11 is 27.8. The van der Waals surface area contributed by atoms with Crippen molar-refractivity contribution in [2.24, 2.45) is 0 Å². The number of hydrogen-bond donors (Lipinski definition) is 2. The molecule has 2 aliphatic carbocycles. The van der Waals surface area contributed by atoms with Gasteiger partial charge < -0.3 is 14.4 Å². The summed E-state index contributed by atoms with van der Waals surface area (Å²) < 4.78 is 83.7. The predicted octanol–water partition coefficient (Wildman–Crippen LogP) is 10.0. The van der Waals surface area contributed by atoms with E-state index in [4.69, 9.17) is 66.1 Å². The van der Waals surface area contributed by atoms with Crippen LogP contribution in [0.2, 0.25) is 20.1 Å². The highest BCUT2D eigenvalue weighted by atomic mass is 35.5. The van der Waals surface area contributed by atoms with Crippen LogP contribution in [0.3, 0.4) is 0 Å². The second-order valence-electron chi connectivity index (χ2n) is 15.2. The molecule has 330 valence electrons. The summed E-state index contributed by atoms with van der Waals surface area (Å²) in [6, 6.07) is 13.4. The molecule has 0 atom stereocenters. The van der Waals surface area contributed by atoms with Crippen molar-refractivity contribution in [2.45, 2.75) is 73.0 Å². The zero-order valence-corrected chi connectivity index (χ0v) is 39.5. The number of thiophene rings is 2. The Balaban J connectivity index is 0.877. The van der Waals surface area contributed by atoms with E-state index >= 15 is 0 Å². The van der Waals surface area contributed by atoms with Crippen molar-refractivity contribution in [1.29, 1.82) is 0 Å². The number of aromatic nitrogens is 4. The summed E-state index contributed by atoms with van der Waals surface area (Å²) in [5, 5.41) is 11.6. The van der Waals surface area contributed by atoms with Gasteiger partial charge >= 0.3 is 20.2 Å². The molecular formula is C41H41Cl4N5O8S4. The quantitative estimate of drug-likeness (QED) is 0.0700. The molecule has 0 radical (unpaired) electrons. The van der Waals surface area contributed by atoms with Gasteiger partial charge in [0.05, 0.1) is 67.2 Å². The first-order valence-corrected chi connectivity index (χ1v) is 25.8. The fourth-order valence-corrected chi connectivity index (χ4v) is 12.8. The van der Waals surface area contributed by atoms with Crippen molar-refractivity contribution >= 4 is 89.3 Å². The molecule has 0 spiro atoms. The summed E-state index contributed by atoms with van der Waals surface area (Å²) in [5.74, 6) is 0. The Hall–Kier alpha value is -2.88. The van der Waals surface area contributed by atoms with E-state index in [0.717, 1.165) is 116 Å². The number of nitrogens with zero attached hydrogens (tertiary/aromatic N) is 5. The maximum atomic E-state index is 12.1. The van der Waals surface area contributed by atoms with Gasteiger partial charge in [-0.2, -0.15) is 27.0 Å². The Kier molecular flexibility index (Phi) is 13.9. The number of halogens is 4. The van der Waals surface area contributed by atoms with Crippen molar-refractivity contribution in [1.82, 2.24) is 24.5 Å². The summed E-state index contributed by atoms with van der Waals surface area (Å²) in [6.45, 7) is 3.07. The molecule has 0 bridgehead atoms. The van der Waals surface area contributed by atoms with Crippen LogP contribution in [0.1, 0.15) is 59.3 Å². The third-order valence-corrected chi connectivity index (χ3v) is 16.9. The topological polar surface area (TPSA) is 166 Å². The second-order valence-corrected chi connectivity index (χ2v) is 22.3. The first-order chi connectivity index (χ1) is 29.6. The number of fused-ring (bicyclic) bond motifs is 6. The average Bonchev–Trinajstić information content (AvgIpc) is 3.94. The van der Waals surface area contributed by atoms with Crippen molar-refractivity contribution in [3.8, 4) is 32.5 Å². The third kappa shape index (κ3) is 9.85. The molecule has 21 heteroatoms. The molecule has 6 aromatic rings. The van der Waals surface area contributed by atoms with Crippen LogP contribution in [0.25, 0.3) is 32.5 Å². The van der Waals surface area contributed by atoms with Crippen molar-refractivity contribution in [3.63, 3.8) is 0 Å². The number of ether oxygens (including phenoxy) is 2. The molecule has 0 amide bonds. The maximum absolute atomic E-state index is 12.1. The summed E-state index contributed by atoms with van der Waals surface area (Å²) in [6.07, 6.45) is 5.79. The predicted molar refractivity (Wildman–Crippen MR) is 244 cm³/mol. The van der Waals surface area contributed by atoms with Crippen LogP contribution in [-0.4, -0.2) is 83.8 Å². The van der Waals surface area contributed by atoms with Crippen LogP contribution in [0.4, 0.5) is 0 Å². The Morgan fingerprint density at radius 3 is 1.47 bits per heavy atom. The molecule has 0 aliphatic heterocycles. The van der Waals surface area contributed by atoms with E-state index < -0.39 is 20.2 Å². The lowest BCUT2D eigenvalue weighted by atomic mass is 10.1. The Bertz CT molecular complexity index is 2680. The van der Waals surface area contributed by atoms with Gasteiger partial charge in [-0.3, -0.25) is 9.11 Å². The van der Waals surface area contributed by atoms with Gasteiger partial charge in [0, 0.05) is 47.5 Å². The number of benzene rings is 2. The molecule has 0 saturated heterocycles. The van der Waals surface area contributed by atoms with E-state index in [1.54, 1.807) is 57.9 Å². The fraction of sp³-hybridized carbons (Fsp3) is 0.366. The van der Waals surface area contributed by atoms with Crippen LogP contribution in [-0.2, 0) is 68.6 Å². The molecule has 0 saturated carbocycles.